The van der Waals surface area contributed by atoms with Crippen molar-refractivity contribution in [3.63, 3.8) is 0 Å². The van der Waals surface area contributed by atoms with Crippen LogP contribution < -0.4 is 15.8 Å². The first-order chi connectivity index (χ1) is 10.1. The Morgan fingerprint density at radius 2 is 2.14 bits per heavy atom. The lowest BCUT2D eigenvalue weighted by molar-refractivity contribution is -0.124. The number of nitrogens with two attached hydrogens (primary N) is 1. The summed E-state index contributed by atoms with van der Waals surface area (Å²) in [7, 11) is 0. The topological polar surface area (TPSA) is 64.3 Å². The second kappa shape index (κ2) is 6.94. The largest absolute Gasteiger partial charge is 0.491 e. The molecular formula is C17H26N2O2. The Morgan fingerprint density at radius 3 is 2.76 bits per heavy atom. The molecule has 0 aliphatic heterocycles. The van der Waals surface area contributed by atoms with Gasteiger partial charge in [0.05, 0.1) is 11.5 Å². The molecule has 116 valence electrons. The summed E-state index contributed by atoms with van der Waals surface area (Å²) < 4.78 is 5.79. The second-order valence-electron chi connectivity index (χ2n) is 6.01. The molecule has 0 bridgehead atoms. The molecule has 4 nitrogen and oxygen atoms in total. The lowest BCUT2D eigenvalue weighted by Crippen LogP contribution is -2.40. The normalized spacial score (nSPS) is 18.2. The van der Waals surface area contributed by atoms with E-state index in [4.69, 9.17) is 10.5 Å². The first-order valence-corrected chi connectivity index (χ1v) is 7.88. The van der Waals surface area contributed by atoms with Gasteiger partial charge in [-0.25, -0.2) is 0 Å². The average molecular weight is 290 g/mol. The van der Waals surface area contributed by atoms with E-state index >= 15 is 0 Å². The van der Waals surface area contributed by atoms with Gasteiger partial charge in [-0.05, 0) is 38.3 Å². The van der Waals surface area contributed by atoms with E-state index < -0.39 is 0 Å². The lowest BCUT2D eigenvalue weighted by Gasteiger charge is -2.25. The molecule has 0 radical (unpaired) electrons. The number of carbonyl (C=O) groups is 1. The average Bonchev–Trinajstić information content (AvgIpc) is 2.97. The maximum absolute atomic E-state index is 12.5. The molecule has 2 rings (SSSR count). The predicted octanol–water partition coefficient (Wildman–Crippen LogP) is 3.32. The van der Waals surface area contributed by atoms with Crippen molar-refractivity contribution in [3.05, 3.63) is 24.3 Å². The number of benzene rings is 1. The molecular weight excluding hydrogens is 264 g/mol. The van der Waals surface area contributed by atoms with Crippen LogP contribution in [0, 0.1) is 5.41 Å². The van der Waals surface area contributed by atoms with Crippen molar-refractivity contribution < 1.29 is 9.53 Å². The molecule has 1 aromatic rings. The molecule has 1 aliphatic carbocycles. The highest BCUT2D eigenvalue weighted by molar-refractivity contribution is 5.95. The smallest absolute Gasteiger partial charge is 0.231 e. The predicted molar refractivity (Wildman–Crippen MR) is 85.4 cm³/mol. The molecule has 21 heavy (non-hydrogen) atoms. The van der Waals surface area contributed by atoms with E-state index in [1.54, 1.807) is 0 Å². The SMILES string of the molecule is CCC(C)Oc1cccc(NC(=O)C2(CN)CCCC2)c1. The van der Waals surface area contributed by atoms with Crippen LogP contribution in [-0.4, -0.2) is 18.6 Å². The van der Waals surface area contributed by atoms with Crippen LogP contribution >= 0.6 is 0 Å². The zero-order valence-corrected chi connectivity index (χ0v) is 13.0. The summed E-state index contributed by atoms with van der Waals surface area (Å²) in [5, 5.41) is 3.01. The van der Waals surface area contributed by atoms with Crippen molar-refractivity contribution in [2.75, 3.05) is 11.9 Å². The van der Waals surface area contributed by atoms with Crippen LogP contribution in [0.1, 0.15) is 46.0 Å². The Kier molecular flexibility index (Phi) is 5.23. The molecule has 1 amide bonds. The van der Waals surface area contributed by atoms with Gasteiger partial charge in [-0.15, -0.1) is 0 Å². The van der Waals surface area contributed by atoms with E-state index in [2.05, 4.69) is 12.2 Å². The third-order valence-electron chi connectivity index (χ3n) is 4.44. The van der Waals surface area contributed by atoms with Crippen molar-refractivity contribution in [3.8, 4) is 5.75 Å². The molecule has 3 N–H and O–H groups in total. The maximum atomic E-state index is 12.5. The Balaban J connectivity index is 2.05. The van der Waals surface area contributed by atoms with E-state index in [9.17, 15) is 4.79 Å². The van der Waals surface area contributed by atoms with E-state index in [1.807, 2.05) is 31.2 Å². The molecule has 1 aromatic carbocycles. The molecule has 1 fully saturated rings. The van der Waals surface area contributed by atoms with Gasteiger partial charge in [0.25, 0.3) is 0 Å². The molecule has 0 aromatic heterocycles. The van der Waals surface area contributed by atoms with Crippen LogP contribution in [-0.2, 0) is 4.79 Å². The van der Waals surface area contributed by atoms with Gasteiger partial charge in [0.2, 0.25) is 5.91 Å². The minimum Gasteiger partial charge on any atom is -0.491 e. The molecule has 1 aliphatic rings. The minimum absolute atomic E-state index is 0.0446. The fourth-order valence-electron chi connectivity index (χ4n) is 2.80. The first-order valence-electron chi connectivity index (χ1n) is 7.88. The van der Waals surface area contributed by atoms with Gasteiger partial charge in [-0.2, -0.15) is 0 Å². The number of rotatable bonds is 6. The standard InChI is InChI=1S/C17H26N2O2/c1-3-13(2)21-15-8-6-7-14(11-15)19-16(20)17(12-18)9-4-5-10-17/h6-8,11,13H,3-5,9-10,12,18H2,1-2H3,(H,19,20). The number of hydrogen-bond acceptors (Lipinski definition) is 3. The number of amides is 1. The van der Waals surface area contributed by atoms with Crippen LogP contribution in [0.3, 0.4) is 0 Å². The summed E-state index contributed by atoms with van der Waals surface area (Å²) in [6.07, 6.45) is 5.06. The van der Waals surface area contributed by atoms with Gasteiger partial charge in [-0.3, -0.25) is 4.79 Å². The van der Waals surface area contributed by atoms with Gasteiger partial charge in [0.1, 0.15) is 5.75 Å². The van der Waals surface area contributed by atoms with Crippen LogP contribution in [0.15, 0.2) is 24.3 Å². The third kappa shape index (κ3) is 3.76. The Labute approximate surface area is 127 Å². The number of hydrogen-bond donors (Lipinski definition) is 2. The van der Waals surface area contributed by atoms with Crippen molar-refractivity contribution in [1.82, 2.24) is 0 Å². The van der Waals surface area contributed by atoms with Crippen molar-refractivity contribution in [2.45, 2.75) is 52.1 Å². The molecule has 0 spiro atoms. The zero-order chi connectivity index (χ0) is 15.3. The highest BCUT2D eigenvalue weighted by Gasteiger charge is 2.39. The van der Waals surface area contributed by atoms with Gasteiger partial charge in [0.15, 0.2) is 0 Å². The molecule has 4 heteroatoms. The highest BCUT2D eigenvalue weighted by atomic mass is 16.5. The fourth-order valence-corrected chi connectivity index (χ4v) is 2.80. The third-order valence-corrected chi connectivity index (χ3v) is 4.44. The van der Waals surface area contributed by atoms with E-state index in [0.717, 1.165) is 43.5 Å². The highest BCUT2D eigenvalue weighted by Crippen LogP contribution is 2.38. The molecule has 0 heterocycles. The zero-order valence-electron chi connectivity index (χ0n) is 13.0. The molecule has 1 saturated carbocycles. The molecule has 1 unspecified atom stereocenters. The summed E-state index contributed by atoms with van der Waals surface area (Å²) in [5.74, 6) is 0.832. The summed E-state index contributed by atoms with van der Waals surface area (Å²) >= 11 is 0. The van der Waals surface area contributed by atoms with Crippen molar-refractivity contribution in [2.24, 2.45) is 11.1 Å². The van der Waals surface area contributed by atoms with E-state index in [1.165, 1.54) is 0 Å². The van der Waals surface area contributed by atoms with Crippen LogP contribution in [0.25, 0.3) is 0 Å². The summed E-state index contributed by atoms with van der Waals surface area (Å²) in [4.78, 5) is 12.5. The molecule has 0 saturated heterocycles. The Hall–Kier alpha value is -1.55. The van der Waals surface area contributed by atoms with Crippen LogP contribution in [0.4, 0.5) is 5.69 Å². The van der Waals surface area contributed by atoms with Crippen LogP contribution in [0.2, 0.25) is 0 Å². The quantitative estimate of drug-likeness (QED) is 0.844. The summed E-state index contributed by atoms with van der Waals surface area (Å²) in [5.41, 5.74) is 6.25. The van der Waals surface area contributed by atoms with E-state index in [-0.39, 0.29) is 17.4 Å². The fraction of sp³-hybridized carbons (Fsp3) is 0.588. The van der Waals surface area contributed by atoms with Gasteiger partial charge < -0.3 is 15.8 Å². The number of anilines is 1. The van der Waals surface area contributed by atoms with Gasteiger partial charge in [0, 0.05) is 18.3 Å². The summed E-state index contributed by atoms with van der Waals surface area (Å²) in [6.45, 7) is 4.54. The number of nitrogens with one attached hydrogen (secondary N) is 1. The monoisotopic (exact) mass is 290 g/mol. The maximum Gasteiger partial charge on any atom is 0.231 e. The van der Waals surface area contributed by atoms with Crippen LogP contribution in [0.5, 0.6) is 5.75 Å². The lowest BCUT2D eigenvalue weighted by atomic mass is 9.85. The Bertz CT molecular complexity index is 481. The molecule has 1 atom stereocenters. The van der Waals surface area contributed by atoms with E-state index in [0.29, 0.717) is 6.54 Å². The van der Waals surface area contributed by atoms with Crippen molar-refractivity contribution >= 4 is 11.6 Å². The van der Waals surface area contributed by atoms with Gasteiger partial charge >= 0.3 is 0 Å². The van der Waals surface area contributed by atoms with Gasteiger partial charge in [-0.1, -0.05) is 25.8 Å². The summed E-state index contributed by atoms with van der Waals surface area (Å²) in [6, 6.07) is 7.58. The van der Waals surface area contributed by atoms with Crippen molar-refractivity contribution in [1.29, 1.82) is 0 Å². The number of carbonyl (C=O) groups excluding carboxylic acids is 1. The first kappa shape index (κ1) is 15.8. The second-order valence-corrected chi connectivity index (χ2v) is 6.01. The number of ether oxygens (including phenoxy) is 1. The Morgan fingerprint density at radius 1 is 1.43 bits per heavy atom. The minimum atomic E-state index is -0.381.